The summed E-state index contributed by atoms with van der Waals surface area (Å²) in [5, 5.41) is 7.10. The van der Waals surface area contributed by atoms with Crippen molar-refractivity contribution in [3.8, 4) is 11.8 Å². The van der Waals surface area contributed by atoms with Crippen LogP contribution in [0.1, 0.15) is 8.22 Å². The van der Waals surface area contributed by atoms with E-state index in [2.05, 4.69) is 68.0 Å². The van der Waals surface area contributed by atoms with Crippen molar-refractivity contribution in [3.05, 3.63) is 43.2 Å². The van der Waals surface area contributed by atoms with Crippen molar-refractivity contribution in [2.75, 3.05) is 0 Å². The van der Waals surface area contributed by atoms with Crippen LogP contribution in [0.25, 0.3) is 0 Å². The quantitative estimate of drug-likeness (QED) is 0.468. The molecule has 0 N–H and O–H groups in total. The topological polar surface area (TPSA) is 70.7 Å². The van der Waals surface area contributed by atoms with E-state index in [0.29, 0.717) is 4.68 Å². The fraction of sp³-hybridized carbons (Fsp3) is 0.167. The lowest BCUT2D eigenvalue weighted by atomic mass is 10.3. The largest absolute Gasteiger partial charge is 0.424 e. The van der Waals surface area contributed by atoms with Crippen LogP contribution in [0.2, 0.25) is 5.02 Å². The Kier molecular flexibility index (Phi) is 4.30. The zero-order chi connectivity index (χ0) is 22.9. The lowest BCUT2D eigenvalue weighted by Gasteiger charge is -2.03. The maximum Gasteiger partial charge on any atom is 0.321 e. The highest BCUT2D eigenvalue weighted by molar-refractivity contribution is 9.11. The smallest absolute Gasteiger partial charge is 0.321 e. The molecule has 0 unspecified atom stereocenters. The summed E-state index contributed by atoms with van der Waals surface area (Å²) in [6.45, 7) is -4.82. The van der Waals surface area contributed by atoms with E-state index >= 15 is 0 Å². The van der Waals surface area contributed by atoms with Crippen LogP contribution in [0.5, 0.6) is 11.8 Å². The van der Waals surface area contributed by atoms with E-state index in [-0.39, 0.29) is 31.0 Å². The molecule has 0 aliphatic heterocycles. The molecular weight excluding hydrogens is 538 g/mol. The van der Waals surface area contributed by atoms with Gasteiger partial charge in [0.2, 0.25) is 9.47 Å². The Bertz CT molecular complexity index is 1040. The predicted molar refractivity (Wildman–Crippen MR) is 96.6 cm³/mol. The van der Waals surface area contributed by atoms with Gasteiger partial charge in [0.25, 0.3) is 0 Å². The standard InChI is InChI=1S/C9H6BrClFN3O.C3H3Br2N3/c1-15-9(13-8(10)14-15)16-5-2-3-7(12)6(11)4-5;1-8-3(5)6-2(4)7-8/h2-4H,1H3;1H3/i2*1D3. The third kappa shape index (κ3) is 5.23. The summed E-state index contributed by atoms with van der Waals surface area (Å²) in [5.41, 5.74) is 0. The van der Waals surface area contributed by atoms with Gasteiger partial charge in [-0.25, -0.2) is 13.8 Å². The van der Waals surface area contributed by atoms with Crippen molar-refractivity contribution in [1.82, 2.24) is 29.5 Å². The molecule has 12 heteroatoms. The average Bonchev–Trinajstić information content (AvgIpc) is 3.13. The van der Waals surface area contributed by atoms with Crippen LogP contribution in [-0.4, -0.2) is 29.5 Å². The van der Waals surface area contributed by atoms with Gasteiger partial charge in [-0.2, -0.15) is 9.97 Å². The van der Waals surface area contributed by atoms with Gasteiger partial charge in [-0.1, -0.05) is 11.6 Å². The van der Waals surface area contributed by atoms with E-state index in [0.717, 1.165) is 10.7 Å². The highest BCUT2D eigenvalue weighted by atomic mass is 79.9. The van der Waals surface area contributed by atoms with Gasteiger partial charge >= 0.3 is 6.01 Å². The SMILES string of the molecule is [2H]C([2H])([2H])n1nc(Br)nc1Br.[2H]C([2H])([2H])n1nc(Br)nc1Oc1ccc(F)c(Cl)c1. The Labute approximate surface area is 175 Å². The molecule has 0 atom stereocenters. The Morgan fingerprint density at radius 3 is 2.33 bits per heavy atom. The van der Waals surface area contributed by atoms with E-state index in [4.69, 9.17) is 24.6 Å². The lowest BCUT2D eigenvalue weighted by Crippen LogP contribution is -1.96. The van der Waals surface area contributed by atoms with Gasteiger partial charge in [0.05, 0.1) is 5.02 Å². The number of hydrogen-bond acceptors (Lipinski definition) is 5. The molecule has 0 spiro atoms. The molecule has 0 saturated heterocycles. The number of halogens is 5. The molecule has 128 valence electrons. The van der Waals surface area contributed by atoms with Crippen LogP contribution in [0.4, 0.5) is 4.39 Å². The fourth-order valence-electron chi connectivity index (χ4n) is 1.26. The molecule has 3 rings (SSSR count). The first kappa shape index (κ1) is 12.3. The average molecular weight is 553 g/mol. The van der Waals surface area contributed by atoms with E-state index in [1.807, 2.05) is 0 Å². The number of benzene rings is 1. The van der Waals surface area contributed by atoms with Gasteiger partial charge in [-0.15, -0.1) is 10.2 Å². The summed E-state index contributed by atoms with van der Waals surface area (Å²) in [5.74, 6) is -0.454. The second kappa shape index (κ2) is 8.37. The van der Waals surface area contributed by atoms with Crippen molar-refractivity contribution in [3.63, 3.8) is 0 Å². The minimum atomic E-state index is -2.54. The monoisotopic (exact) mass is 550 g/mol. The molecule has 2 heterocycles. The molecule has 1 aromatic carbocycles. The van der Waals surface area contributed by atoms with Crippen molar-refractivity contribution in [2.24, 2.45) is 14.0 Å². The number of hydrogen-bond donors (Lipinski definition) is 0. The molecule has 2 aromatic heterocycles. The maximum atomic E-state index is 13.0. The number of aromatic nitrogens is 6. The molecule has 0 amide bonds. The molecule has 24 heavy (non-hydrogen) atoms. The van der Waals surface area contributed by atoms with Gasteiger partial charge in [0, 0.05) is 28.2 Å². The molecular formula is C12H9Br3ClFN6O. The van der Waals surface area contributed by atoms with E-state index in [9.17, 15) is 4.39 Å². The zero-order valence-corrected chi connectivity index (χ0v) is 16.7. The van der Waals surface area contributed by atoms with Gasteiger partial charge in [-0.3, -0.25) is 0 Å². The molecule has 0 fully saturated rings. The van der Waals surface area contributed by atoms with E-state index < -0.39 is 19.8 Å². The summed E-state index contributed by atoms with van der Waals surface area (Å²) in [7, 11) is 0. The molecule has 7 nitrogen and oxygen atoms in total. The Morgan fingerprint density at radius 1 is 1.12 bits per heavy atom. The van der Waals surface area contributed by atoms with Crippen LogP contribution in [-0.2, 0) is 14.0 Å². The first-order valence-electron chi connectivity index (χ1n) is 8.73. The van der Waals surface area contributed by atoms with E-state index in [1.54, 1.807) is 0 Å². The van der Waals surface area contributed by atoms with Crippen LogP contribution >= 0.6 is 59.4 Å². The van der Waals surface area contributed by atoms with Gasteiger partial charge in [0.1, 0.15) is 11.6 Å². The zero-order valence-electron chi connectivity index (χ0n) is 17.2. The second-order valence-electron chi connectivity index (χ2n) is 3.81. The lowest BCUT2D eigenvalue weighted by molar-refractivity contribution is 0.414. The Balaban J connectivity index is 0.000000248. The molecule has 0 radical (unpaired) electrons. The number of rotatable bonds is 2. The highest BCUT2D eigenvalue weighted by Crippen LogP contribution is 2.25. The third-order valence-corrected chi connectivity index (χ3v) is 3.67. The van der Waals surface area contributed by atoms with Crippen LogP contribution in [0, 0.1) is 5.82 Å². The number of aryl methyl sites for hydroxylation is 2. The first-order valence-corrected chi connectivity index (χ1v) is 8.48. The second-order valence-corrected chi connectivity index (χ2v) is 6.35. The first-order chi connectivity index (χ1) is 13.7. The summed E-state index contributed by atoms with van der Waals surface area (Å²) < 4.78 is 62.9. The molecule has 0 aliphatic rings. The van der Waals surface area contributed by atoms with Crippen molar-refractivity contribution < 1.29 is 17.4 Å². The van der Waals surface area contributed by atoms with Crippen LogP contribution < -0.4 is 4.74 Å². The van der Waals surface area contributed by atoms with Crippen molar-refractivity contribution in [2.45, 2.75) is 0 Å². The third-order valence-electron chi connectivity index (χ3n) is 2.19. The van der Waals surface area contributed by atoms with E-state index in [1.165, 1.54) is 12.1 Å². The minimum absolute atomic E-state index is 0.0619. The molecule has 0 bridgehead atoms. The predicted octanol–water partition coefficient (Wildman–Crippen LogP) is 4.50. The van der Waals surface area contributed by atoms with Gasteiger partial charge < -0.3 is 4.74 Å². The Morgan fingerprint density at radius 2 is 1.79 bits per heavy atom. The van der Waals surface area contributed by atoms with Gasteiger partial charge in [0.15, 0.2) is 4.73 Å². The summed E-state index contributed by atoms with van der Waals surface area (Å²) in [4.78, 5) is 7.48. The van der Waals surface area contributed by atoms with Crippen molar-refractivity contribution in [1.29, 1.82) is 0 Å². The highest BCUT2D eigenvalue weighted by Gasteiger charge is 2.08. The Hall–Kier alpha value is -1.04. The molecule has 3 aromatic rings. The van der Waals surface area contributed by atoms with Crippen molar-refractivity contribution >= 4 is 59.4 Å². The summed E-state index contributed by atoms with van der Waals surface area (Å²) in [6.07, 6.45) is 0. The molecule has 0 saturated carbocycles. The summed E-state index contributed by atoms with van der Waals surface area (Å²) in [6, 6.07) is 3.36. The number of ether oxygens (including phenoxy) is 1. The minimum Gasteiger partial charge on any atom is -0.424 e. The summed E-state index contributed by atoms with van der Waals surface area (Å²) >= 11 is 14.5. The molecule has 0 aliphatic carbocycles. The maximum absolute atomic E-state index is 13.0. The number of nitrogens with zero attached hydrogens (tertiary/aromatic N) is 6. The van der Waals surface area contributed by atoms with Crippen LogP contribution in [0.15, 0.2) is 32.4 Å². The van der Waals surface area contributed by atoms with Gasteiger partial charge in [-0.05, 0) is 59.9 Å². The normalized spacial score (nSPS) is 15.0. The van der Waals surface area contributed by atoms with Crippen LogP contribution in [0.3, 0.4) is 0 Å². The fourth-order valence-corrected chi connectivity index (χ4v) is 2.55.